The number of nitrogens with zero attached hydrogens (tertiary/aromatic N) is 1. The molecule has 1 aliphatic heterocycles. The second-order valence-corrected chi connectivity index (χ2v) is 5.52. The standard InChI is InChI=1S/C16H24N2O/c1-3-13(2)16(19)17-15-9-10-18(12-15)11-14-7-5-4-6-8-14/h4-8,13,15H,3,9-12H2,1-2H3,(H,17,19)/t13-,15+/m1/s1. The highest BCUT2D eigenvalue weighted by Gasteiger charge is 2.24. The van der Waals surface area contributed by atoms with Gasteiger partial charge in [0.15, 0.2) is 0 Å². The number of hydrogen-bond donors (Lipinski definition) is 1. The zero-order valence-corrected chi connectivity index (χ0v) is 11.9. The van der Waals surface area contributed by atoms with E-state index in [1.54, 1.807) is 0 Å². The van der Waals surface area contributed by atoms with Gasteiger partial charge in [-0.05, 0) is 18.4 Å². The molecule has 2 atom stereocenters. The highest BCUT2D eigenvalue weighted by Crippen LogP contribution is 2.14. The lowest BCUT2D eigenvalue weighted by Crippen LogP contribution is -2.39. The van der Waals surface area contributed by atoms with Crippen molar-refractivity contribution in [2.45, 2.75) is 39.3 Å². The van der Waals surface area contributed by atoms with Gasteiger partial charge in [-0.15, -0.1) is 0 Å². The number of carbonyl (C=O) groups excluding carboxylic acids is 1. The number of rotatable bonds is 5. The van der Waals surface area contributed by atoms with Gasteiger partial charge < -0.3 is 5.32 Å². The molecular weight excluding hydrogens is 236 g/mol. The molecule has 0 aromatic heterocycles. The molecule has 1 N–H and O–H groups in total. The first-order valence-corrected chi connectivity index (χ1v) is 7.25. The van der Waals surface area contributed by atoms with Crippen LogP contribution in [0.3, 0.4) is 0 Å². The fourth-order valence-corrected chi connectivity index (χ4v) is 2.46. The maximum absolute atomic E-state index is 11.9. The van der Waals surface area contributed by atoms with Gasteiger partial charge in [0.25, 0.3) is 0 Å². The van der Waals surface area contributed by atoms with Crippen LogP contribution in [0.2, 0.25) is 0 Å². The molecule has 0 bridgehead atoms. The lowest BCUT2D eigenvalue weighted by atomic mass is 10.1. The Hall–Kier alpha value is -1.35. The van der Waals surface area contributed by atoms with E-state index in [9.17, 15) is 4.79 Å². The largest absolute Gasteiger partial charge is 0.352 e. The number of likely N-dealkylation sites (tertiary alicyclic amines) is 1. The Morgan fingerprint density at radius 3 is 2.84 bits per heavy atom. The minimum atomic E-state index is 0.128. The maximum atomic E-state index is 11.9. The Balaban J connectivity index is 1.79. The average molecular weight is 260 g/mol. The first kappa shape index (κ1) is 14.1. The Morgan fingerprint density at radius 1 is 1.42 bits per heavy atom. The number of hydrogen-bond acceptors (Lipinski definition) is 2. The molecule has 1 fully saturated rings. The van der Waals surface area contributed by atoms with Gasteiger partial charge in [-0.1, -0.05) is 44.2 Å². The molecule has 0 unspecified atom stereocenters. The van der Waals surface area contributed by atoms with Crippen molar-refractivity contribution < 1.29 is 4.79 Å². The van der Waals surface area contributed by atoms with E-state index in [1.807, 2.05) is 13.0 Å². The zero-order chi connectivity index (χ0) is 13.7. The summed E-state index contributed by atoms with van der Waals surface area (Å²) >= 11 is 0. The molecule has 0 radical (unpaired) electrons. The van der Waals surface area contributed by atoms with Crippen molar-refractivity contribution in [3.05, 3.63) is 35.9 Å². The summed E-state index contributed by atoms with van der Waals surface area (Å²) in [4.78, 5) is 14.3. The molecular formula is C16H24N2O. The van der Waals surface area contributed by atoms with Crippen molar-refractivity contribution in [1.29, 1.82) is 0 Å². The Bertz CT molecular complexity index is 404. The molecule has 104 valence electrons. The van der Waals surface area contributed by atoms with Crippen LogP contribution in [-0.2, 0) is 11.3 Å². The second-order valence-electron chi connectivity index (χ2n) is 5.52. The third-order valence-corrected chi connectivity index (χ3v) is 3.93. The van der Waals surface area contributed by atoms with Crippen LogP contribution >= 0.6 is 0 Å². The second kappa shape index (κ2) is 6.71. The highest BCUT2D eigenvalue weighted by atomic mass is 16.1. The maximum Gasteiger partial charge on any atom is 0.223 e. The van der Waals surface area contributed by atoms with Crippen molar-refractivity contribution in [1.82, 2.24) is 10.2 Å². The third kappa shape index (κ3) is 4.06. The van der Waals surface area contributed by atoms with Crippen LogP contribution in [-0.4, -0.2) is 29.9 Å². The molecule has 1 aromatic carbocycles. The van der Waals surface area contributed by atoms with E-state index in [0.717, 1.165) is 32.5 Å². The normalized spacial score (nSPS) is 21.3. The molecule has 3 heteroatoms. The molecule has 1 aliphatic rings. The van der Waals surface area contributed by atoms with Crippen LogP contribution in [0.1, 0.15) is 32.3 Å². The molecule has 2 rings (SSSR count). The van der Waals surface area contributed by atoms with Gasteiger partial charge in [0.2, 0.25) is 5.91 Å². The summed E-state index contributed by atoms with van der Waals surface area (Å²) in [6.07, 6.45) is 1.97. The first-order valence-electron chi connectivity index (χ1n) is 7.25. The van der Waals surface area contributed by atoms with Crippen LogP contribution < -0.4 is 5.32 Å². The van der Waals surface area contributed by atoms with E-state index >= 15 is 0 Å². The highest BCUT2D eigenvalue weighted by molar-refractivity contribution is 5.78. The van der Waals surface area contributed by atoms with Crippen LogP contribution in [0.4, 0.5) is 0 Å². The van der Waals surface area contributed by atoms with Crippen LogP contribution in [0.5, 0.6) is 0 Å². The summed E-state index contributed by atoms with van der Waals surface area (Å²) in [6, 6.07) is 10.8. The van der Waals surface area contributed by atoms with Gasteiger partial charge in [0.05, 0.1) is 0 Å². The zero-order valence-electron chi connectivity index (χ0n) is 11.9. The average Bonchev–Trinajstić information content (AvgIpc) is 2.86. The van der Waals surface area contributed by atoms with Gasteiger partial charge in [-0.2, -0.15) is 0 Å². The minimum absolute atomic E-state index is 0.128. The predicted octanol–water partition coefficient (Wildman–Crippen LogP) is 2.42. The first-order chi connectivity index (χ1) is 9.19. The molecule has 0 spiro atoms. The van der Waals surface area contributed by atoms with E-state index in [4.69, 9.17) is 0 Å². The van der Waals surface area contributed by atoms with Crippen molar-refractivity contribution in [3.8, 4) is 0 Å². The quantitative estimate of drug-likeness (QED) is 0.882. The Labute approximate surface area is 116 Å². The third-order valence-electron chi connectivity index (χ3n) is 3.93. The number of amides is 1. The predicted molar refractivity (Wildman–Crippen MR) is 77.7 cm³/mol. The summed E-state index contributed by atoms with van der Waals surface area (Å²) in [7, 11) is 0. The van der Waals surface area contributed by atoms with Crippen LogP contribution in [0.15, 0.2) is 30.3 Å². The topological polar surface area (TPSA) is 32.3 Å². The molecule has 1 aromatic rings. The van der Waals surface area contributed by atoms with Crippen molar-refractivity contribution in [2.75, 3.05) is 13.1 Å². The molecule has 3 nitrogen and oxygen atoms in total. The smallest absolute Gasteiger partial charge is 0.223 e. The molecule has 1 amide bonds. The number of carbonyl (C=O) groups is 1. The molecule has 1 saturated heterocycles. The van der Waals surface area contributed by atoms with Gasteiger partial charge in [-0.25, -0.2) is 0 Å². The van der Waals surface area contributed by atoms with E-state index < -0.39 is 0 Å². The van der Waals surface area contributed by atoms with Crippen LogP contribution in [0.25, 0.3) is 0 Å². The number of benzene rings is 1. The van der Waals surface area contributed by atoms with Gasteiger partial charge in [0, 0.05) is 31.6 Å². The van der Waals surface area contributed by atoms with Crippen molar-refractivity contribution in [2.24, 2.45) is 5.92 Å². The Kier molecular flexibility index (Phi) is 4.97. The van der Waals surface area contributed by atoms with Gasteiger partial charge in [0.1, 0.15) is 0 Å². The van der Waals surface area contributed by atoms with Gasteiger partial charge >= 0.3 is 0 Å². The SMILES string of the molecule is CC[C@@H](C)C(=O)N[C@H]1CCN(Cc2ccccc2)C1. The lowest BCUT2D eigenvalue weighted by Gasteiger charge is -2.18. The molecule has 0 aliphatic carbocycles. The Morgan fingerprint density at radius 2 is 2.16 bits per heavy atom. The summed E-state index contributed by atoms with van der Waals surface area (Å²) in [5.41, 5.74) is 1.34. The summed E-state index contributed by atoms with van der Waals surface area (Å²) in [5, 5.41) is 3.16. The molecule has 1 heterocycles. The fourth-order valence-electron chi connectivity index (χ4n) is 2.46. The van der Waals surface area contributed by atoms with E-state index in [2.05, 4.69) is 41.4 Å². The molecule has 0 saturated carbocycles. The van der Waals surface area contributed by atoms with E-state index in [-0.39, 0.29) is 11.8 Å². The van der Waals surface area contributed by atoms with E-state index in [0.29, 0.717) is 6.04 Å². The van der Waals surface area contributed by atoms with Gasteiger partial charge in [-0.3, -0.25) is 9.69 Å². The van der Waals surface area contributed by atoms with E-state index in [1.165, 1.54) is 5.56 Å². The van der Waals surface area contributed by atoms with Crippen LogP contribution in [0, 0.1) is 5.92 Å². The molecule has 19 heavy (non-hydrogen) atoms. The van der Waals surface area contributed by atoms with Crippen molar-refractivity contribution >= 4 is 5.91 Å². The summed E-state index contributed by atoms with van der Waals surface area (Å²) in [6.45, 7) is 7.07. The minimum Gasteiger partial charge on any atom is -0.352 e. The van der Waals surface area contributed by atoms with Crippen molar-refractivity contribution in [3.63, 3.8) is 0 Å². The lowest BCUT2D eigenvalue weighted by molar-refractivity contribution is -0.125. The summed E-state index contributed by atoms with van der Waals surface area (Å²) in [5.74, 6) is 0.331. The fraction of sp³-hybridized carbons (Fsp3) is 0.562. The monoisotopic (exact) mass is 260 g/mol. The summed E-state index contributed by atoms with van der Waals surface area (Å²) < 4.78 is 0. The number of nitrogens with one attached hydrogen (secondary N) is 1.